The summed E-state index contributed by atoms with van der Waals surface area (Å²) in [7, 11) is 1.82. The van der Waals surface area contributed by atoms with E-state index in [4.69, 9.17) is 5.21 Å². The number of aryl methyl sites for hydroxylation is 1. The fourth-order valence-electron chi connectivity index (χ4n) is 0.551. The van der Waals surface area contributed by atoms with Crippen LogP contribution < -0.4 is 0 Å². The summed E-state index contributed by atoms with van der Waals surface area (Å²) in [6.07, 6.45) is 4.57. The van der Waals surface area contributed by atoms with Gasteiger partial charge in [-0.3, -0.25) is 0 Å². The topological polar surface area (TPSA) is 50.4 Å². The Morgan fingerprint density at radius 2 is 2.67 bits per heavy atom. The van der Waals surface area contributed by atoms with Gasteiger partial charge in [0.25, 0.3) is 0 Å². The Labute approximate surface area is 52.4 Å². The van der Waals surface area contributed by atoms with Gasteiger partial charge in [0.15, 0.2) is 0 Å². The Morgan fingerprint density at radius 1 is 1.89 bits per heavy atom. The van der Waals surface area contributed by atoms with Crippen molar-refractivity contribution in [2.75, 3.05) is 0 Å². The highest BCUT2D eigenvalue weighted by atomic mass is 16.4. The molecule has 0 aromatic carbocycles. The highest BCUT2D eigenvalue weighted by Crippen LogP contribution is 1.89. The minimum atomic E-state index is 0.775. The summed E-state index contributed by atoms with van der Waals surface area (Å²) in [6, 6.07) is 0. The fraction of sp³-hybridized carbons (Fsp3) is 0.200. The molecule has 1 N–H and O–H groups in total. The largest absolute Gasteiger partial charge is 0.411 e. The summed E-state index contributed by atoms with van der Waals surface area (Å²) < 4.78 is 1.75. The Kier molecular flexibility index (Phi) is 1.48. The third-order valence-corrected chi connectivity index (χ3v) is 1.04. The summed E-state index contributed by atoms with van der Waals surface area (Å²) in [5, 5.41) is 10.9. The van der Waals surface area contributed by atoms with Gasteiger partial charge in [0.2, 0.25) is 0 Å². The lowest BCUT2D eigenvalue weighted by atomic mass is 10.5. The molecular weight excluding hydrogens is 118 g/mol. The van der Waals surface area contributed by atoms with Crippen LogP contribution in [0.1, 0.15) is 5.69 Å². The zero-order chi connectivity index (χ0) is 6.69. The van der Waals surface area contributed by atoms with Crippen molar-refractivity contribution in [3.63, 3.8) is 0 Å². The van der Waals surface area contributed by atoms with Crippen LogP contribution in [0.15, 0.2) is 17.7 Å². The van der Waals surface area contributed by atoms with E-state index in [1.54, 1.807) is 17.1 Å². The maximum Gasteiger partial charge on any atom is 0.0948 e. The molecule has 4 nitrogen and oxygen atoms in total. The predicted molar refractivity (Wildman–Crippen MR) is 32.6 cm³/mol. The van der Waals surface area contributed by atoms with Gasteiger partial charge in [-0.05, 0) is 0 Å². The van der Waals surface area contributed by atoms with Crippen LogP contribution >= 0.6 is 0 Å². The fourth-order valence-corrected chi connectivity index (χ4v) is 0.551. The van der Waals surface area contributed by atoms with E-state index in [-0.39, 0.29) is 0 Å². The maximum atomic E-state index is 8.09. The monoisotopic (exact) mass is 125 g/mol. The zero-order valence-electron chi connectivity index (χ0n) is 5.02. The van der Waals surface area contributed by atoms with E-state index in [1.165, 1.54) is 6.21 Å². The van der Waals surface area contributed by atoms with Gasteiger partial charge in [0, 0.05) is 7.05 Å². The number of nitrogens with zero attached hydrogens (tertiary/aromatic N) is 3. The molecule has 9 heavy (non-hydrogen) atoms. The molecule has 0 spiro atoms. The van der Waals surface area contributed by atoms with Gasteiger partial charge < -0.3 is 9.77 Å². The Balaban J connectivity index is 2.94. The van der Waals surface area contributed by atoms with E-state index in [2.05, 4.69) is 10.1 Å². The van der Waals surface area contributed by atoms with Crippen LogP contribution in [-0.2, 0) is 7.05 Å². The molecule has 0 saturated heterocycles. The van der Waals surface area contributed by atoms with Gasteiger partial charge in [-0.15, -0.1) is 0 Å². The van der Waals surface area contributed by atoms with Crippen molar-refractivity contribution < 1.29 is 5.21 Å². The SMILES string of the molecule is Cn1cncc1C=NO. The first kappa shape index (κ1) is 5.81. The van der Waals surface area contributed by atoms with Gasteiger partial charge >= 0.3 is 0 Å². The maximum absolute atomic E-state index is 8.09. The van der Waals surface area contributed by atoms with Gasteiger partial charge in [-0.1, -0.05) is 5.16 Å². The molecule has 1 rings (SSSR count). The first-order valence-corrected chi connectivity index (χ1v) is 2.48. The van der Waals surface area contributed by atoms with E-state index in [1.807, 2.05) is 7.05 Å². The number of oxime groups is 1. The quantitative estimate of drug-likeness (QED) is 0.332. The van der Waals surface area contributed by atoms with Crippen LogP contribution in [0.5, 0.6) is 0 Å². The summed E-state index contributed by atoms with van der Waals surface area (Å²) in [5.74, 6) is 0. The molecule has 1 heterocycles. The van der Waals surface area contributed by atoms with Gasteiger partial charge in [0.05, 0.1) is 24.4 Å². The van der Waals surface area contributed by atoms with Gasteiger partial charge in [-0.2, -0.15) is 0 Å². The second kappa shape index (κ2) is 2.30. The van der Waals surface area contributed by atoms with Crippen LogP contribution in [-0.4, -0.2) is 21.0 Å². The van der Waals surface area contributed by atoms with Gasteiger partial charge in [-0.25, -0.2) is 4.98 Å². The van der Waals surface area contributed by atoms with Crippen molar-refractivity contribution in [3.8, 4) is 0 Å². The van der Waals surface area contributed by atoms with Crippen LogP contribution in [0, 0.1) is 0 Å². The van der Waals surface area contributed by atoms with Crippen LogP contribution in [0.3, 0.4) is 0 Å². The Bertz CT molecular complexity index is 216. The summed E-state index contributed by atoms with van der Waals surface area (Å²) in [6.45, 7) is 0. The van der Waals surface area contributed by atoms with Crippen LogP contribution in [0.2, 0.25) is 0 Å². The first-order chi connectivity index (χ1) is 4.34. The van der Waals surface area contributed by atoms with E-state index in [0.717, 1.165) is 5.69 Å². The number of rotatable bonds is 1. The molecule has 0 aliphatic carbocycles. The van der Waals surface area contributed by atoms with Crippen molar-refractivity contribution in [2.45, 2.75) is 0 Å². The first-order valence-electron chi connectivity index (χ1n) is 2.48. The minimum absolute atomic E-state index is 0.775. The lowest BCUT2D eigenvalue weighted by Crippen LogP contribution is -1.91. The molecule has 0 saturated carbocycles. The molecule has 0 radical (unpaired) electrons. The highest BCUT2D eigenvalue weighted by molar-refractivity contribution is 5.76. The third kappa shape index (κ3) is 1.07. The van der Waals surface area contributed by atoms with E-state index < -0.39 is 0 Å². The molecule has 0 atom stereocenters. The molecule has 4 heteroatoms. The van der Waals surface area contributed by atoms with Crippen LogP contribution in [0.4, 0.5) is 0 Å². The van der Waals surface area contributed by atoms with E-state index in [0.29, 0.717) is 0 Å². The minimum Gasteiger partial charge on any atom is -0.411 e. The van der Waals surface area contributed by atoms with E-state index >= 15 is 0 Å². The van der Waals surface area contributed by atoms with Crippen molar-refractivity contribution >= 4 is 6.21 Å². The molecule has 0 amide bonds. The zero-order valence-corrected chi connectivity index (χ0v) is 5.02. The number of aromatic nitrogens is 2. The molecule has 0 aliphatic rings. The van der Waals surface area contributed by atoms with Crippen molar-refractivity contribution in [2.24, 2.45) is 12.2 Å². The summed E-state index contributed by atoms with van der Waals surface area (Å²) >= 11 is 0. The number of hydrogen-bond donors (Lipinski definition) is 1. The number of hydrogen-bond acceptors (Lipinski definition) is 3. The summed E-state index contributed by atoms with van der Waals surface area (Å²) in [4.78, 5) is 3.80. The molecule has 0 aliphatic heterocycles. The standard InChI is InChI=1S/C5H7N3O/c1-8-4-6-2-5(8)3-7-9/h2-4,9H,1H3. The van der Waals surface area contributed by atoms with Crippen molar-refractivity contribution in [1.82, 2.24) is 9.55 Å². The average Bonchev–Trinajstić information content (AvgIpc) is 2.18. The molecule has 0 fully saturated rings. The molecular formula is C5H7N3O. The predicted octanol–water partition coefficient (Wildman–Crippen LogP) is 0.228. The van der Waals surface area contributed by atoms with Crippen molar-refractivity contribution in [1.29, 1.82) is 0 Å². The lowest BCUT2D eigenvalue weighted by Gasteiger charge is -1.88. The highest BCUT2D eigenvalue weighted by Gasteiger charge is 1.90. The average molecular weight is 125 g/mol. The van der Waals surface area contributed by atoms with E-state index in [9.17, 15) is 0 Å². The molecule has 0 unspecified atom stereocenters. The third-order valence-electron chi connectivity index (χ3n) is 1.04. The van der Waals surface area contributed by atoms with Gasteiger partial charge in [0.1, 0.15) is 0 Å². The molecule has 48 valence electrons. The van der Waals surface area contributed by atoms with Crippen molar-refractivity contribution in [3.05, 3.63) is 18.2 Å². The molecule has 0 bridgehead atoms. The molecule has 1 aromatic rings. The normalized spacial score (nSPS) is 10.8. The summed E-state index contributed by atoms with van der Waals surface area (Å²) in [5.41, 5.74) is 0.775. The Hall–Kier alpha value is -1.32. The number of imidazole rings is 1. The van der Waals surface area contributed by atoms with Crippen LogP contribution in [0.25, 0.3) is 0 Å². The second-order valence-corrected chi connectivity index (χ2v) is 1.67. The lowest BCUT2D eigenvalue weighted by molar-refractivity contribution is 0.321. The smallest absolute Gasteiger partial charge is 0.0948 e. The Morgan fingerprint density at radius 3 is 3.11 bits per heavy atom. The second-order valence-electron chi connectivity index (χ2n) is 1.67. The molecule has 1 aromatic heterocycles.